The molecule has 1 aromatic rings. The van der Waals surface area contributed by atoms with E-state index in [-0.39, 0.29) is 5.91 Å². The highest BCUT2D eigenvalue weighted by Crippen LogP contribution is 2.17. The van der Waals surface area contributed by atoms with Gasteiger partial charge in [0.25, 0.3) is 0 Å². The molecular weight excluding hydrogens is 178 g/mol. The third kappa shape index (κ3) is 2.34. The molecule has 76 valence electrons. The molecule has 14 heavy (non-hydrogen) atoms. The summed E-state index contributed by atoms with van der Waals surface area (Å²) < 4.78 is 1.64. The minimum atomic E-state index is 0.0700. The number of nitrogens with one attached hydrogen (secondary N) is 1. The van der Waals surface area contributed by atoms with Crippen LogP contribution in [0.5, 0.6) is 0 Å². The maximum atomic E-state index is 11.5. The molecule has 1 heterocycles. The van der Waals surface area contributed by atoms with E-state index < -0.39 is 0 Å². The van der Waals surface area contributed by atoms with Crippen molar-refractivity contribution in [2.24, 2.45) is 0 Å². The maximum absolute atomic E-state index is 11.5. The fourth-order valence-electron chi connectivity index (χ4n) is 1.88. The van der Waals surface area contributed by atoms with Crippen molar-refractivity contribution in [2.75, 3.05) is 0 Å². The highest BCUT2D eigenvalue weighted by molar-refractivity contribution is 5.75. The van der Waals surface area contributed by atoms with Crippen molar-refractivity contribution in [2.45, 2.75) is 38.3 Å². The van der Waals surface area contributed by atoms with E-state index in [2.05, 4.69) is 10.4 Å². The minimum absolute atomic E-state index is 0.0700. The van der Waals surface area contributed by atoms with E-state index in [0.29, 0.717) is 12.6 Å². The Morgan fingerprint density at radius 1 is 1.50 bits per heavy atom. The van der Waals surface area contributed by atoms with Crippen LogP contribution in [0.1, 0.15) is 25.7 Å². The first-order valence-corrected chi connectivity index (χ1v) is 5.11. The third-order valence-corrected chi connectivity index (χ3v) is 2.59. The molecule has 0 atom stereocenters. The SMILES string of the molecule is O=C(Cn1cccn1)NC1CCCC1. The number of nitrogens with zero attached hydrogens (tertiary/aromatic N) is 2. The molecule has 1 aliphatic carbocycles. The van der Waals surface area contributed by atoms with Gasteiger partial charge in [0.15, 0.2) is 0 Å². The number of hydrogen-bond acceptors (Lipinski definition) is 2. The lowest BCUT2D eigenvalue weighted by Gasteiger charge is -2.11. The van der Waals surface area contributed by atoms with Gasteiger partial charge in [-0.05, 0) is 18.9 Å². The number of hydrogen-bond donors (Lipinski definition) is 1. The van der Waals surface area contributed by atoms with Crippen LogP contribution in [0.2, 0.25) is 0 Å². The fraction of sp³-hybridized carbons (Fsp3) is 0.600. The van der Waals surface area contributed by atoms with E-state index in [1.165, 1.54) is 12.8 Å². The zero-order valence-corrected chi connectivity index (χ0v) is 8.15. The summed E-state index contributed by atoms with van der Waals surface area (Å²) in [6.07, 6.45) is 8.23. The van der Waals surface area contributed by atoms with Gasteiger partial charge in [-0.2, -0.15) is 5.10 Å². The number of aromatic nitrogens is 2. The van der Waals surface area contributed by atoms with Gasteiger partial charge < -0.3 is 5.32 Å². The molecule has 0 spiro atoms. The van der Waals surface area contributed by atoms with Gasteiger partial charge in [0.1, 0.15) is 6.54 Å². The second-order valence-electron chi connectivity index (χ2n) is 3.75. The quantitative estimate of drug-likeness (QED) is 0.776. The molecule has 4 nitrogen and oxygen atoms in total. The van der Waals surface area contributed by atoms with Crippen LogP contribution >= 0.6 is 0 Å². The molecule has 0 aliphatic heterocycles. The zero-order chi connectivity index (χ0) is 9.80. The van der Waals surface area contributed by atoms with E-state index in [9.17, 15) is 4.79 Å². The Kier molecular flexibility index (Phi) is 2.81. The Bertz CT molecular complexity index is 288. The molecule has 0 bridgehead atoms. The summed E-state index contributed by atoms with van der Waals surface area (Å²) in [5.41, 5.74) is 0. The topological polar surface area (TPSA) is 46.9 Å². The Hall–Kier alpha value is -1.32. The average molecular weight is 193 g/mol. The monoisotopic (exact) mass is 193 g/mol. The van der Waals surface area contributed by atoms with E-state index >= 15 is 0 Å². The van der Waals surface area contributed by atoms with Gasteiger partial charge >= 0.3 is 0 Å². The molecule has 1 saturated carbocycles. The van der Waals surface area contributed by atoms with Crippen LogP contribution in [0.25, 0.3) is 0 Å². The molecule has 0 unspecified atom stereocenters. The Morgan fingerprint density at radius 3 is 2.93 bits per heavy atom. The second-order valence-corrected chi connectivity index (χ2v) is 3.75. The van der Waals surface area contributed by atoms with Gasteiger partial charge in [-0.1, -0.05) is 12.8 Å². The molecule has 1 aromatic heterocycles. The predicted molar refractivity (Wildman–Crippen MR) is 52.6 cm³/mol. The summed E-state index contributed by atoms with van der Waals surface area (Å²) in [5, 5.41) is 7.00. The molecular formula is C10H15N3O. The number of rotatable bonds is 3. The van der Waals surface area contributed by atoms with Crippen molar-refractivity contribution < 1.29 is 4.79 Å². The van der Waals surface area contributed by atoms with Crippen LogP contribution in [-0.4, -0.2) is 21.7 Å². The van der Waals surface area contributed by atoms with Gasteiger partial charge in [-0.25, -0.2) is 0 Å². The third-order valence-electron chi connectivity index (χ3n) is 2.59. The highest BCUT2D eigenvalue weighted by atomic mass is 16.2. The van der Waals surface area contributed by atoms with Crippen molar-refractivity contribution in [1.29, 1.82) is 0 Å². The van der Waals surface area contributed by atoms with Crippen LogP contribution in [0.15, 0.2) is 18.5 Å². The smallest absolute Gasteiger partial charge is 0.241 e. The van der Waals surface area contributed by atoms with Crippen molar-refractivity contribution in [3.8, 4) is 0 Å². The van der Waals surface area contributed by atoms with Crippen molar-refractivity contribution in [3.63, 3.8) is 0 Å². The predicted octanol–water partition coefficient (Wildman–Crippen LogP) is 0.942. The summed E-state index contributed by atoms with van der Waals surface area (Å²) in [7, 11) is 0. The summed E-state index contributed by atoms with van der Waals surface area (Å²) in [4.78, 5) is 11.5. The molecule has 0 radical (unpaired) electrons. The second kappa shape index (κ2) is 4.26. The lowest BCUT2D eigenvalue weighted by Crippen LogP contribution is -2.35. The van der Waals surface area contributed by atoms with E-state index in [1.807, 2.05) is 6.07 Å². The highest BCUT2D eigenvalue weighted by Gasteiger charge is 2.16. The lowest BCUT2D eigenvalue weighted by molar-refractivity contribution is -0.122. The maximum Gasteiger partial charge on any atom is 0.241 e. The van der Waals surface area contributed by atoms with Crippen LogP contribution in [0, 0.1) is 0 Å². The van der Waals surface area contributed by atoms with Crippen molar-refractivity contribution in [1.82, 2.24) is 15.1 Å². The van der Waals surface area contributed by atoms with Crippen molar-refractivity contribution in [3.05, 3.63) is 18.5 Å². The molecule has 1 aliphatic rings. The molecule has 2 rings (SSSR count). The average Bonchev–Trinajstić information content (AvgIpc) is 2.76. The van der Waals surface area contributed by atoms with Gasteiger partial charge in [0.05, 0.1) is 0 Å². The van der Waals surface area contributed by atoms with Gasteiger partial charge in [0.2, 0.25) is 5.91 Å². The first-order chi connectivity index (χ1) is 6.84. The van der Waals surface area contributed by atoms with Crippen LogP contribution in [0.4, 0.5) is 0 Å². The number of amides is 1. The Morgan fingerprint density at radius 2 is 2.29 bits per heavy atom. The molecule has 0 saturated heterocycles. The van der Waals surface area contributed by atoms with Gasteiger partial charge in [-0.3, -0.25) is 9.48 Å². The Labute approximate surface area is 83.3 Å². The summed E-state index contributed by atoms with van der Waals surface area (Å²) in [5.74, 6) is 0.0700. The van der Waals surface area contributed by atoms with Crippen LogP contribution in [-0.2, 0) is 11.3 Å². The van der Waals surface area contributed by atoms with Crippen LogP contribution < -0.4 is 5.32 Å². The standard InChI is InChI=1S/C10H15N3O/c14-10(8-13-7-3-6-11-13)12-9-4-1-2-5-9/h3,6-7,9H,1-2,4-5,8H2,(H,12,14). The minimum Gasteiger partial charge on any atom is -0.352 e. The van der Waals surface area contributed by atoms with Gasteiger partial charge in [0, 0.05) is 18.4 Å². The fourth-order valence-corrected chi connectivity index (χ4v) is 1.88. The van der Waals surface area contributed by atoms with E-state index in [1.54, 1.807) is 17.1 Å². The van der Waals surface area contributed by atoms with Crippen molar-refractivity contribution >= 4 is 5.91 Å². The zero-order valence-electron chi connectivity index (χ0n) is 8.15. The number of carbonyl (C=O) groups excluding carboxylic acids is 1. The van der Waals surface area contributed by atoms with Gasteiger partial charge in [-0.15, -0.1) is 0 Å². The molecule has 1 fully saturated rings. The first kappa shape index (κ1) is 9.24. The number of carbonyl (C=O) groups is 1. The summed E-state index contributed by atoms with van der Waals surface area (Å²) >= 11 is 0. The Balaban J connectivity index is 1.78. The molecule has 4 heteroatoms. The van der Waals surface area contributed by atoms with Crippen LogP contribution in [0.3, 0.4) is 0 Å². The molecule has 0 aromatic carbocycles. The summed E-state index contributed by atoms with van der Waals surface area (Å²) in [6.45, 7) is 0.337. The molecule has 1 amide bonds. The molecule has 1 N–H and O–H groups in total. The van der Waals surface area contributed by atoms with E-state index in [4.69, 9.17) is 0 Å². The largest absolute Gasteiger partial charge is 0.352 e. The normalized spacial score (nSPS) is 17.1. The summed E-state index contributed by atoms with van der Waals surface area (Å²) in [6, 6.07) is 2.22. The van der Waals surface area contributed by atoms with E-state index in [0.717, 1.165) is 12.8 Å². The first-order valence-electron chi connectivity index (χ1n) is 5.11. The lowest BCUT2D eigenvalue weighted by atomic mass is 10.2.